The summed E-state index contributed by atoms with van der Waals surface area (Å²) in [6.45, 7) is 0.869. The van der Waals surface area contributed by atoms with E-state index in [0.717, 1.165) is 24.4 Å². The van der Waals surface area contributed by atoms with Crippen molar-refractivity contribution in [3.05, 3.63) is 35.9 Å². The van der Waals surface area contributed by atoms with Crippen LogP contribution in [0.4, 0.5) is 52.7 Å². The van der Waals surface area contributed by atoms with Gasteiger partial charge in [-0.2, -0.15) is 48.3 Å². The van der Waals surface area contributed by atoms with E-state index >= 15 is 0 Å². The summed E-state index contributed by atoms with van der Waals surface area (Å²) in [4.78, 5) is 8.46. The monoisotopic (exact) mass is 462 g/mol. The molecule has 0 bridgehead atoms. The van der Waals surface area contributed by atoms with Crippen molar-refractivity contribution in [3.8, 4) is 0 Å². The van der Waals surface area contributed by atoms with Crippen molar-refractivity contribution in [1.29, 1.82) is 0 Å². The van der Waals surface area contributed by atoms with Crippen molar-refractivity contribution < 1.29 is 57.5 Å². The third-order valence-corrected chi connectivity index (χ3v) is 4.34. The molecule has 0 aliphatic carbocycles. The number of carbonyl (C=O) groups excluding carboxylic acids is 1. The molecule has 170 valence electrons. The van der Waals surface area contributed by atoms with Gasteiger partial charge in [-0.05, 0) is 12.5 Å². The number of hydrogen-bond donors (Lipinski definition) is 1. The van der Waals surface area contributed by atoms with Crippen molar-refractivity contribution in [2.45, 2.75) is 48.9 Å². The van der Waals surface area contributed by atoms with Gasteiger partial charge in [-0.1, -0.05) is 30.3 Å². The van der Waals surface area contributed by atoms with Crippen LogP contribution in [-0.2, 0) is 4.79 Å². The Morgan fingerprint density at radius 1 is 0.867 bits per heavy atom. The Bertz CT molecular complexity index is 784. The van der Waals surface area contributed by atoms with Gasteiger partial charge in [0.15, 0.2) is 0 Å². The normalized spacial score (nSPS) is 25.4. The summed E-state index contributed by atoms with van der Waals surface area (Å²) in [6, 6.07) is -9.66. The van der Waals surface area contributed by atoms with Gasteiger partial charge in [-0.25, -0.2) is 4.39 Å². The first-order valence-electron chi connectivity index (χ1n) is 7.71. The molecule has 1 amide bonds. The molecule has 15 heteroatoms. The summed E-state index contributed by atoms with van der Waals surface area (Å²) in [7, 11) is 0. The minimum Gasteiger partial charge on any atom is -0.345 e. The number of carbonyl (C=O) groups is 1. The van der Waals surface area contributed by atoms with E-state index in [-0.39, 0.29) is 5.56 Å². The highest BCUT2D eigenvalue weighted by Crippen LogP contribution is 2.66. The van der Waals surface area contributed by atoms with E-state index in [2.05, 4.69) is 0 Å². The molecular weight excluding hydrogens is 452 g/mol. The molecule has 30 heavy (non-hydrogen) atoms. The maximum absolute atomic E-state index is 14.7. The molecule has 2 rings (SSSR count). The number of amides is 1. The summed E-state index contributed by atoms with van der Waals surface area (Å²) >= 11 is 0. The minimum absolute atomic E-state index is 0.0778. The lowest BCUT2D eigenvalue weighted by molar-refractivity contribution is -0.380. The van der Waals surface area contributed by atoms with Crippen LogP contribution in [-0.4, -0.2) is 46.7 Å². The van der Waals surface area contributed by atoms with Crippen LogP contribution in [0.3, 0.4) is 0 Å². The molecule has 2 atom stereocenters. The van der Waals surface area contributed by atoms with Gasteiger partial charge in [0.05, 0.1) is 6.04 Å². The average Bonchev–Trinajstić information content (AvgIpc) is 2.66. The molecular formula is C15H10F12N2O. The third kappa shape index (κ3) is 2.92. The summed E-state index contributed by atoms with van der Waals surface area (Å²) in [6.07, 6.45) is -7.06. The van der Waals surface area contributed by atoms with E-state index in [0.29, 0.717) is 0 Å². The fourth-order valence-electron chi connectivity index (χ4n) is 2.70. The second-order valence-electron chi connectivity index (χ2n) is 6.29. The summed E-state index contributed by atoms with van der Waals surface area (Å²) < 4.78 is 162. The predicted molar refractivity (Wildman–Crippen MR) is 74.5 cm³/mol. The average molecular weight is 462 g/mol. The fraction of sp³-hybridized carbons (Fsp3) is 0.533. The van der Waals surface area contributed by atoms with Crippen LogP contribution in [0, 0.1) is 0 Å². The molecule has 1 aromatic carbocycles. The van der Waals surface area contributed by atoms with E-state index in [1.807, 2.05) is 0 Å². The Balaban J connectivity index is 2.63. The van der Waals surface area contributed by atoms with Crippen LogP contribution < -0.4 is 5.32 Å². The summed E-state index contributed by atoms with van der Waals surface area (Å²) in [5.41, 5.74) is -0.0778. The number of hydrogen-bond acceptors (Lipinski definition) is 2. The molecule has 3 nitrogen and oxygen atoms in total. The van der Waals surface area contributed by atoms with Gasteiger partial charge < -0.3 is 5.32 Å². The standard InChI is InChI=1S/C15H10F12N2O/c1-7(8-5-3-2-4-6-8)28-9(30)10(16,13(21,22)23)29-14(24,25)11(17,18)12(19,20)15(29,26)27/h2-7H,1H3,(H,28,30). The smallest absolute Gasteiger partial charge is 0.345 e. The van der Waals surface area contributed by atoms with Crippen LogP contribution in [0.25, 0.3) is 0 Å². The van der Waals surface area contributed by atoms with Crippen LogP contribution in [0.15, 0.2) is 30.3 Å². The lowest BCUT2D eigenvalue weighted by Crippen LogP contribution is -2.72. The molecule has 1 N–H and O–H groups in total. The highest BCUT2D eigenvalue weighted by molar-refractivity contribution is 5.86. The SMILES string of the molecule is CC(NC(=O)C(F)(N1C(F)(F)C(F)(F)C(F)(F)C1(F)F)C(F)(F)F)c1ccccc1. The number of rotatable bonds is 4. The number of nitrogens with one attached hydrogen (secondary N) is 1. The van der Waals surface area contributed by atoms with Gasteiger partial charge in [0.2, 0.25) is 0 Å². The molecule has 1 fully saturated rings. The van der Waals surface area contributed by atoms with Gasteiger partial charge >= 0.3 is 35.9 Å². The van der Waals surface area contributed by atoms with Crippen molar-refractivity contribution >= 4 is 5.91 Å². The highest BCUT2D eigenvalue weighted by Gasteiger charge is 2.98. The fourth-order valence-corrected chi connectivity index (χ4v) is 2.70. The maximum Gasteiger partial charge on any atom is 0.446 e. The second kappa shape index (κ2) is 6.65. The lowest BCUT2D eigenvalue weighted by Gasteiger charge is -2.40. The maximum atomic E-state index is 14.7. The molecule has 0 aromatic heterocycles. The van der Waals surface area contributed by atoms with Crippen molar-refractivity contribution in [2.24, 2.45) is 0 Å². The summed E-state index contributed by atoms with van der Waals surface area (Å²) in [5.74, 6) is -24.3. The van der Waals surface area contributed by atoms with Gasteiger partial charge in [-0.3, -0.25) is 4.79 Å². The molecule has 1 aromatic rings. The zero-order valence-corrected chi connectivity index (χ0v) is 14.4. The number of alkyl halides is 12. The molecule has 1 saturated heterocycles. The van der Waals surface area contributed by atoms with E-state index in [4.69, 9.17) is 0 Å². The zero-order chi connectivity index (χ0) is 23.6. The number of benzene rings is 1. The van der Waals surface area contributed by atoms with Crippen molar-refractivity contribution in [3.63, 3.8) is 0 Å². The number of nitrogens with zero attached hydrogens (tertiary/aromatic N) is 1. The van der Waals surface area contributed by atoms with Gasteiger partial charge in [0.1, 0.15) is 0 Å². The Morgan fingerprint density at radius 3 is 1.63 bits per heavy atom. The van der Waals surface area contributed by atoms with E-state index in [9.17, 15) is 57.5 Å². The lowest BCUT2D eigenvalue weighted by atomic mass is 10.1. The molecule has 1 heterocycles. The number of likely N-dealkylation sites (tertiary alicyclic amines) is 1. The van der Waals surface area contributed by atoms with Crippen molar-refractivity contribution in [1.82, 2.24) is 10.2 Å². The first-order chi connectivity index (χ1) is 13.3. The number of halogens is 12. The first-order valence-corrected chi connectivity index (χ1v) is 7.71. The molecule has 1 aliphatic rings. The Morgan fingerprint density at radius 2 is 1.27 bits per heavy atom. The predicted octanol–water partition coefficient (Wildman–Crippen LogP) is 4.86. The van der Waals surface area contributed by atoms with Crippen molar-refractivity contribution in [2.75, 3.05) is 0 Å². The molecule has 0 spiro atoms. The first kappa shape index (κ1) is 24.1. The zero-order valence-electron chi connectivity index (χ0n) is 14.4. The molecule has 2 unspecified atom stereocenters. The quantitative estimate of drug-likeness (QED) is 0.512. The van der Waals surface area contributed by atoms with Crippen LogP contribution in [0.1, 0.15) is 18.5 Å². The topological polar surface area (TPSA) is 32.3 Å². The molecule has 0 radical (unpaired) electrons. The Labute approximate surface area is 159 Å². The van der Waals surface area contributed by atoms with E-state index in [1.54, 1.807) is 0 Å². The minimum atomic E-state index is -7.16. The van der Waals surface area contributed by atoms with Gasteiger partial charge in [-0.15, -0.1) is 4.90 Å². The molecule has 0 saturated carbocycles. The Kier molecular flexibility index (Phi) is 5.34. The van der Waals surface area contributed by atoms with Crippen LogP contribution >= 0.6 is 0 Å². The largest absolute Gasteiger partial charge is 0.446 e. The van der Waals surface area contributed by atoms with Crippen LogP contribution in [0.2, 0.25) is 0 Å². The second-order valence-corrected chi connectivity index (χ2v) is 6.29. The Hall–Kier alpha value is -2.19. The van der Waals surface area contributed by atoms with E-state index < -0.39 is 52.8 Å². The van der Waals surface area contributed by atoms with Gasteiger partial charge in [0.25, 0.3) is 5.91 Å². The summed E-state index contributed by atoms with van der Waals surface area (Å²) in [5, 5.41) is 1.12. The van der Waals surface area contributed by atoms with Crippen LogP contribution in [0.5, 0.6) is 0 Å². The third-order valence-electron chi connectivity index (χ3n) is 4.34. The highest BCUT2D eigenvalue weighted by atomic mass is 19.4. The molecule has 1 aliphatic heterocycles. The van der Waals surface area contributed by atoms with E-state index in [1.165, 1.54) is 18.2 Å². The van der Waals surface area contributed by atoms with Gasteiger partial charge in [0, 0.05) is 0 Å².